The van der Waals surface area contributed by atoms with E-state index in [1.165, 1.54) is 34.9 Å². The van der Waals surface area contributed by atoms with E-state index in [9.17, 15) is 27.5 Å². The van der Waals surface area contributed by atoms with Gasteiger partial charge in [0.15, 0.2) is 10.8 Å². The van der Waals surface area contributed by atoms with Gasteiger partial charge in [-0.2, -0.15) is 0 Å². The maximum absolute atomic E-state index is 13.9. The lowest BCUT2D eigenvalue weighted by molar-refractivity contribution is -0.152. The number of rotatable bonds is 7. The van der Waals surface area contributed by atoms with Crippen LogP contribution in [0.4, 0.5) is 4.39 Å². The van der Waals surface area contributed by atoms with Crippen LogP contribution in [0, 0.1) is 17.2 Å². The SMILES string of the molecule is COC(=O)C1=C(C2CCN(S(=O)(=O)[C@H]3C[C@](C)(C(=O)O)C3)CC2)NC(c2nccs2)=NC1c1ccc(F)cc1Br. The van der Waals surface area contributed by atoms with E-state index >= 15 is 0 Å². The lowest BCUT2D eigenvalue weighted by Gasteiger charge is -2.44. The summed E-state index contributed by atoms with van der Waals surface area (Å²) in [7, 11) is -2.38. The van der Waals surface area contributed by atoms with Crippen LogP contribution in [0.1, 0.15) is 49.2 Å². The summed E-state index contributed by atoms with van der Waals surface area (Å²) >= 11 is 4.78. The quantitative estimate of drug-likeness (QED) is 0.429. The largest absolute Gasteiger partial charge is 0.481 e. The average molecular weight is 656 g/mol. The Bertz CT molecular complexity index is 1500. The Morgan fingerprint density at radius 2 is 1.98 bits per heavy atom. The Kier molecular flexibility index (Phi) is 7.89. The first-order valence-corrected chi connectivity index (χ1v) is 15.9. The van der Waals surface area contributed by atoms with Crippen molar-refractivity contribution in [1.29, 1.82) is 0 Å². The Hall–Kier alpha value is -2.68. The molecule has 1 aromatic heterocycles. The van der Waals surface area contributed by atoms with Gasteiger partial charge in [0.05, 0.1) is 23.3 Å². The molecule has 14 heteroatoms. The lowest BCUT2D eigenvalue weighted by Crippen LogP contribution is -2.54. The first kappa shape index (κ1) is 28.8. The van der Waals surface area contributed by atoms with Crippen LogP contribution in [0.25, 0.3) is 0 Å². The number of carbonyl (C=O) groups excluding carboxylic acids is 1. The summed E-state index contributed by atoms with van der Waals surface area (Å²) in [5, 5.41) is 14.4. The number of halogens is 2. The number of carbonyl (C=O) groups is 2. The number of amidine groups is 1. The molecule has 1 aromatic carbocycles. The number of hydrogen-bond acceptors (Lipinski definition) is 9. The molecule has 1 saturated heterocycles. The number of methoxy groups -OCH3 is 1. The van der Waals surface area contributed by atoms with Crippen LogP contribution in [-0.4, -0.2) is 66.0 Å². The summed E-state index contributed by atoms with van der Waals surface area (Å²) in [6.45, 7) is 2.02. The monoisotopic (exact) mass is 654 g/mol. The minimum Gasteiger partial charge on any atom is -0.481 e. The molecule has 5 rings (SSSR count). The summed E-state index contributed by atoms with van der Waals surface area (Å²) in [5.74, 6) is -1.79. The second-order valence-electron chi connectivity index (χ2n) is 10.4. The van der Waals surface area contributed by atoms with Crippen molar-refractivity contribution in [2.45, 2.75) is 43.9 Å². The molecule has 2 aromatic rings. The number of piperidine rings is 1. The van der Waals surface area contributed by atoms with Crippen LogP contribution in [0.15, 0.2) is 50.5 Å². The molecule has 1 atom stereocenters. The standard InChI is InChI=1S/C26H28BrFN4O6S2/c1-26(25(34)35)12-16(13-26)40(36,37)32-8-5-14(6-9-32)20-19(24(33)38-2)21(17-4-3-15(28)11-18(17)27)31-22(30-20)23-29-7-10-39-23/h3-4,7,10-11,14,16,21H,5-6,8-9,12-13H2,1-2H3,(H,30,31)(H,34,35)/t16-,21?,26-. The minimum atomic E-state index is -3.66. The molecular weight excluding hydrogens is 627 g/mol. The first-order valence-electron chi connectivity index (χ1n) is 12.7. The van der Waals surface area contributed by atoms with E-state index < -0.39 is 44.5 Å². The third-order valence-electron chi connectivity index (χ3n) is 7.89. The summed E-state index contributed by atoms with van der Waals surface area (Å²) in [5.41, 5.74) is 0.402. The van der Waals surface area contributed by atoms with Crippen molar-refractivity contribution in [1.82, 2.24) is 14.6 Å². The third-order valence-corrected chi connectivity index (χ3v) is 11.6. The zero-order chi connectivity index (χ0) is 28.8. The average Bonchev–Trinajstić information content (AvgIpc) is 3.45. The van der Waals surface area contributed by atoms with E-state index in [0.717, 1.165) is 0 Å². The van der Waals surface area contributed by atoms with Crippen molar-refractivity contribution in [3.8, 4) is 0 Å². The van der Waals surface area contributed by atoms with Gasteiger partial charge in [-0.15, -0.1) is 11.3 Å². The fourth-order valence-corrected chi connectivity index (χ4v) is 9.01. The molecule has 3 aliphatic rings. The summed E-state index contributed by atoms with van der Waals surface area (Å²) in [6, 6.07) is 3.36. The predicted octanol–water partition coefficient (Wildman–Crippen LogP) is 3.86. The molecule has 1 unspecified atom stereocenters. The molecule has 0 amide bonds. The Morgan fingerprint density at radius 1 is 1.27 bits per heavy atom. The van der Waals surface area contributed by atoms with E-state index in [0.29, 0.717) is 39.4 Å². The van der Waals surface area contributed by atoms with Gasteiger partial charge in [-0.1, -0.05) is 22.0 Å². The molecule has 214 valence electrons. The van der Waals surface area contributed by atoms with Gasteiger partial charge >= 0.3 is 11.9 Å². The lowest BCUT2D eigenvalue weighted by atomic mass is 9.70. The predicted molar refractivity (Wildman–Crippen MR) is 150 cm³/mol. The second-order valence-corrected chi connectivity index (χ2v) is 14.4. The van der Waals surface area contributed by atoms with Crippen molar-refractivity contribution < 1.29 is 32.2 Å². The number of nitrogens with one attached hydrogen (secondary N) is 1. The molecule has 2 N–H and O–H groups in total. The van der Waals surface area contributed by atoms with Gasteiger partial charge in [-0.25, -0.2) is 26.9 Å². The molecule has 2 aliphatic heterocycles. The smallest absolute Gasteiger partial charge is 0.338 e. The van der Waals surface area contributed by atoms with Crippen molar-refractivity contribution in [2.75, 3.05) is 20.2 Å². The highest BCUT2D eigenvalue weighted by atomic mass is 79.9. The number of sulfonamides is 1. The van der Waals surface area contributed by atoms with E-state index in [1.807, 2.05) is 0 Å². The van der Waals surface area contributed by atoms with Crippen molar-refractivity contribution in [3.05, 3.63) is 61.9 Å². The maximum atomic E-state index is 13.9. The molecule has 10 nitrogen and oxygen atoms in total. The molecule has 1 saturated carbocycles. The van der Waals surface area contributed by atoms with Gasteiger partial charge in [-0.05, 0) is 50.3 Å². The summed E-state index contributed by atoms with van der Waals surface area (Å²) in [6.07, 6.45) is 2.67. The molecule has 3 heterocycles. The highest BCUT2D eigenvalue weighted by Crippen LogP contribution is 2.46. The van der Waals surface area contributed by atoms with Crippen LogP contribution in [-0.2, 0) is 24.3 Å². The van der Waals surface area contributed by atoms with Crippen molar-refractivity contribution in [3.63, 3.8) is 0 Å². The topological polar surface area (TPSA) is 138 Å². The number of esters is 1. The zero-order valence-electron chi connectivity index (χ0n) is 21.8. The van der Waals surface area contributed by atoms with Gasteiger partial charge in [-0.3, -0.25) is 9.79 Å². The van der Waals surface area contributed by atoms with Gasteiger partial charge in [0.1, 0.15) is 11.9 Å². The van der Waals surface area contributed by atoms with Crippen molar-refractivity contribution in [2.24, 2.45) is 16.3 Å². The fraction of sp³-hybridized carbons (Fsp3) is 0.462. The van der Waals surface area contributed by atoms with Crippen LogP contribution < -0.4 is 5.32 Å². The highest BCUT2D eigenvalue weighted by molar-refractivity contribution is 9.10. The van der Waals surface area contributed by atoms with E-state index in [2.05, 4.69) is 26.2 Å². The number of aliphatic imine (C=N–C) groups is 1. The minimum absolute atomic E-state index is 0.0889. The summed E-state index contributed by atoms with van der Waals surface area (Å²) < 4.78 is 47.5. The Balaban J connectivity index is 1.45. The number of ether oxygens (including phenoxy) is 1. The first-order chi connectivity index (χ1) is 18.9. The third kappa shape index (κ3) is 5.21. The fourth-order valence-electron chi connectivity index (χ4n) is 5.56. The van der Waals surface area contributed by atoms with Crippen LogP contribution >= 0.6 is 27.3 Å². The normalized spacial score (nSPS) is 26.1. The van der Waals surface area contributed by atoms with Gasteiger partial charge in [0.25, 0.3) is 0 Å². The van der Waals surface area contributed by atoms with E-state index in [1.54, 1.807) is 24.6 Å². The Labute approximate surface area is 243 Å². The Morgan fingerprint density at radius 3 is 2.55 bits per heavy atom. The molecule has 2 fully saturated rings. The number of allylic oxidation sites excluding steroid dienone is 1. The number of carboxylic acids is 1. The van der Waals surface area contributed by atoms with Gasteiger partial charge in [0.2, 0.25) is 10.0 Å². The zero-order valence-corrected chi connectivity index (χ0v) is 25.0. The number of thiazole rings is 1. The number of aromatic nitrogens is 1. The van der Waals surface area contributed by atoms with Crippen molar-refractivity contribution >= 4 is 55.1 Å². The maximum Gasteiger partial charge on any atom is 0.338 e. The molecule has 0 spiro atoms. The number of benzene rings is 1. The molecular formula is C26H28BrFN4O6S2. The molecule has 1 aliphatic carbocycles. The van der Waals surface area contributed by atoms with Crippen LogP contribution in [0.2, 0.25) is 0 Å². The second kappa shape index (κ2) is 11.0. The van der Waals surface area contributed by atoms with Crippen LogP contribution in [0.5, 0.6) is 0 Å². The number of carboxylic acid groups (broad SMARTS) is 1. The number of nitrogens with zero attached hydrogens (tertiary/aromatic N) is 3. The van der Waals surface area contributed by atoms with Gasteiger partial charge < -0.3 is 15.2 Å². The van der Waals surface area contributed by atoms with Gasteiger partial charge in [0, 0.05) is 40.8 Å². The van der Waals surface area contributed by atoms with E-state index in [4.69, 9.17) is 9.73 Å². The molecule has 0 radical (unpaired) electrons. The number of hydrogen-bond donors (Lipinski definition) is 2. The van der Waals surface area contributed by atoms with E-state index in [-0.39, 0.29) is 37.4 Å². The molecule has 0 bridgehead atoms. The number of aliphatic carboxylic acids is 1. The summed E-state index contributed by atoms with van der Waals surface area (Å²) in [4.78, 5) is 33.8. The highest BCUT2D eigenvalue weighted by Gasteiger charge is 2.53. The molecule has 40 heavy (non-hydrogen) atoms. The van der Waals surface area contributed by atoms with Crippen LogP contribution in [0.3, 0.4) is 0 Å².